The van der Waals surface area contributed by atoms with Crippen LogP contribution in [0.2, 0.25) is 0 Å². The molecular weight excluding hydrogens is 322 g/mol. The van der Waals surface area contributed by atoms with Gasteiger partial charge in [0.1, 0.15) is 0 Å². The van der Waals surface area contributed by atoms with Crippen LogP contribution in [-0.2, 0) is 16.8 Å². The van der Waals surface area contributed by atoms with E-state index in [1.165, 1.54) is 62.7 Å². The van der Waals surface area contributed by atoms with Gasteiger partial charge in [-0.3, -0.25) is 4.79 Å². The maximum Gasteiger partial charge on any atom is 0.219 e. The first-order valence-electron chi connectivity index (χ1n) is 10.5. The summed E-state index contributed by atoms with van der Waals surface area (Å²) in [5, 5.41) is 3.78. The largest absolute Gasteiger partial charge is 0.338 e. The molecule has 1 amide bonds. The molecule has 3 saturated heterocycles. The number of rotatable bonds is 1. The van der Waals surface area contributed by atoms with Crippen molar-refractivity contribution >= 4 is 5.91 Å². The van der Waals surface area contributed by atoms with Crippen molar-refractivity contribution in [3.8, 4) is 0 Å². The number of likely N-dealkylation sites (tertiary alicyclic amines) is 1. The topological polar surface area (TPSA) is 35.6 Å². The minimum Gasteiger partial charge on any atom is -0.338 e. The first-order valence-corrected chi connectivity index (χ1v) is 10.5. The van der Waals surface area contributed by atoms with Crippen LogP contribution in [0.1, 0.15) is 56.6 Å². The molecule has 4 aliphatic rings. The number of benzene rings is 1. The number of nitrogens with one attached hydrogen (secondary N) is 1. The molecule has 4 heterocycles. The second-order valence-corrected chi connectivity index (χ2v) is 9.11. The minimum atomic E-state index is 0.170. The van der Waals surface area contributed by atoms with Crippen molar-refractivity contribution in [2.45, 2.75) is 75.5 Å². The molecule has 2 unspecified atom stereocenters. The maximum absolute atomic E-state index is 12.1. The first-order chi connectivity index (χ1) is 12.6. The number of hydrogen-bond donors (Lipinski definition) is 1. The van der Waals surface area contributed by atoms with Crippen molar-refractivity contribution in [3.63, 3.8) is 0 Å². The van der Waals surface area contributed by atoms with Crippen molar-refractivity contribution in [2.24, 2.45) is 0 Å². The monoisotopic (exact) mass is 353 g/mol. The highest BCUT2D eigenvalue weighted by molar-refractivity contribution is 5.74. The Kier molecular flexibility index (Phi) is 4.09. The van der Waals surface area contributed by atoms with E-state index < -0.39 is 0 Å². The summed E-state index contributed by atoms with van der Waals surface area (Å²) in [6.45, 7) is 5.79. The molecule has 4 nitrogen and oxygen atoms in total. The lowest BCUT2D eigenvalue weighted by Crippen LogP contribution is -2.56. The number of amides is 1. The molecule has 3 fully saturated rings. The number of carbonyl (C=O) groups excluding carboxylic acids is 1. The van der Waals surface area contributed by atoms with Crippen molar-refractivity contribution in [1.29, 1.82) is 0 Å². The first kappa shape index (κ1) is 16.8. The van der Waals surface area contributed by atoms with E-state index in [9.17, 15) is 4.79 Å². The van der Waals surface area contributed by atoms with Gasteiger partial charge in [0.05, 0.1) is 0 Å². The molecule has 140 valence electrons. The molecule has 1 aromatic rings. The van der Waals surface area contributed by atoms with Crippen molar-refractivity contribution in [2.75, 3.05) is 19.6 Å². The molecule has 0 aliphatic carbocycles. The Morgan fingerprint density at radius 1 is 1.12 bits per heavy atom. The van der Waals surface area contributed by atoms with Gasteiger partial charge < -0.3 is 15.1 Å². The highest BCUT2D eigenvalue weighted by atomic mass is 16.2. The van der Waals surface area contributed by atoms with Crippen LogP contribution in [0.25, 0.3) is 0 Å². The maximum atomic E-state index is 12.1. The molecule has 2 bridgehead atoms. The third-order valence-corrected chi connectivity index (χ3v) is 7.61. The molecule has 1 aromatic carbocycles. The third-order valence-electron chi connectivity index (χ3n) is 7.61. The molecular formula is C22H31N3O. The summed E-state index contributed by atoms with van der Waals surface area (Å²) in [7, 11) is 0. The molecule has 0 saturated carbocycles. The Balaban J connectivity index is 1.35. The normalized spacial score (nSPS) is 33.3. The summed E-state index contributed by atoms with van der Waals surface area (Å²) in [6, 6.07) is 11.2. The number of carbonyl (C=O) groups is 1. The molecule has 4 heteroatoms. The number of fused-ring (bicyclic) bond motifs is 4. The lowest BCUT2D eigenvalue weighted by molar-refractivity contribution is -0.131. The molecule has 0 radical (unpaired) electrons. The van der Waals surface area contributed by atoms with Crippen LogP contribution >= 0.6 is 0 Å². The zero-order chi connectivity index (χ0) is 17.7. The summed E-state index contributed by atoms with van der Waals surface area (Å²) in [4.78, 5) is 17.0. The van der Waals surface area contributed by atoms with Gasteiger partial charge in [-0.05, 0) is 62.7 Å². The molecule has 1 spiro atoms. The molecule has 1 N–H and O–H groups in total. The van der Waals surface area contributed by atoms with E-state index in [-0.39, 0.29) is 11.3 Å². The van der Waals surface area contributed by atoms with E-state index in [2.05, 4.69) is 39.4 Å². The Morgan fingerprint density at radius 2 is 1.81 bits per heavy atom. The smallest absolute Gasteiger partial charge is 0.219 e. The number of hydrogen-bond acceptors (Lipinski definition) is 3. The van der Waals surface area contributed by atoms with Crippen LogP contribution in [0.4, 0.5) is 0 Å². The molecule has 2 atom stereocenters. The van der Waals surface area contributed by atoms with E-state index in [1.807, 2.05) is 0 Å². The van der Waals surface area contributed by atoms with Gasteiger partial charge in [-0.25, -0.2) is 0 Å². The highest BCUT2D eigenvalue weighted by Crippen LogP contribution is 2.43. The average Bonchev–Trinajstić information content (AvgIpc) is 3.00. The van der Waals surface area contributed by atoms with Gasteiger partial charge in [0.2, 0.25) is 5.91 Å². The van der Waals surface area contributed by atoms with Gasteiger partial charge in [0.25, 0.3) is 0 Å². The fraction of sp³-hybridized carbons (Fsp3) is 0.682. The van der Waals surface area contributed by atoms with Gasteiger partial charge in [-0.15, -0.1) is 0 Å². The van der Waals surface area contributed by atoms with Crippen LogP contribution < -0.4 is 5.32 Å². The highest BCUT2D eigenvalue weighted by Gasteiger charge is 2.44. The second kappa shape index (κ2) is 6.35. The van der Waals surface area contributed by atoms with E-state index in [1.54, 1.807) is 6.92 Å². The van der Waals surface area contributed by atoms with Gasteiger partial charge in [0, 0.05) is 43.6 Å². The van der Waals surface area contributed by atoms with Gasteiger partial charge in [-0.1, -0.05) is 24.3 Å². The van der Waals surface area contributed by atoms with Gasteiger partial charge in [0.15, 0.2) is 0 Å². The standard InChI is InChI=1S/C22H31N3O/c1-16(26)25-14-17-4-2-3-5-21(17)22(15-25)8-10-24(11-9-22)20-12-18-6-7-19(13-20)23-18/h2-5,18-20,23H,6-15H2,1H3. The Morgan fingerprint density at radius 3 is 2.50 bits per heavy atom. The van der Waals surface area contributed by atoms with Crippen LogP contribution in [0.5, 0.6) is 0 Å². The van der Waals surface area contributed by atoms with Gasteiger partial charge >= 0.3 is 0 Å². The Labute approximate surface area is 156 Å². The predicted molar refractivity (Wildman–Crippen MR) is 103 cm³/mol. The second-order valence-electron chi connectivity index (χ2n) is 9.11. The Hall–Kier alpha value is -1.39. The zero-order valence-electron chi connectivity index (χ0n) is 15.9. The summed E-state index contributed by atoms with van der Waals surface area (Å²) in [6.07, 6.45) is 7.79. The van der Waals surface area contributed by atoms with E-state index in [4.69, 9.17) is 0 Å². The van der Waals surface area contributed by atoms with E-state index in [0.717, 1.165) is 31.2 Å². The molecule has 0 aromatic heterocycles. The van der Waals surface area contributed by atoms with Crippen molar-refractivity contribution in [1.82, 2.24) is 15.1 Å². The number of nitrogens with zero attached hydrogens (tertiary/aromatic N) is 2. The quantitative estimate of drug-likeness (QED) is 0.843. The molecule has 4 aliphatic heterocycles. The Bertz CT molecular complexity index is 682. The van der Waals surface area contributed by atoms with E-state index >= 15 is 0 Å². The fourth-order valence-corrected chi connectivity index (χ4v) is 6.18. The summed E-state index contributed by atoms with van der Waals surface area (Å²) in [5.41, 5.74) is 3.05. The third kappa shape index (κ3) is 2.78. The SMILES string of the molecule is CC(=O)N1Cc2ccccc2C2(CCN(C3CC4CCC(C3)N4)CC2)C1. The van der Waals surface area contributed by atoms with Crippen LogP contribution in [0, 0.1) is 0 Å². The van der Waals surface area contributed by atoms with E-state index in [0.29, 0.717) is 0 Å². The lowest BCUT2D eigenvalue weighted by atomic mass is 9.68. The van der Waals surface area contributed by atoms with Crippen LogP contribution in [0.3, 0.4) is 0 Å². The summed E-state index contributed by atoms with van der Waals surface area (Å²) < 4.78 is 0. The average molecular weight is 354 g/mol. The molecule has 26 heavy (non-hydrogen) atoms. The molecule has 5 rings (SSSR count). The summed E-state index contributed by atoms with van der Waals surface area (Å²) in [5.74, 6) is 0.219. The predicted octanol–water partition coefficient (Wildman–Crippen LogP) is 2.67. The summed E-state index contributed by atoms with van der Waals surface area (Å²) >= 11 is 0. The fourth-order valence-electron chi connectivity index (χ4n) is 6.18. The van der Waals surface area contributed by atoms with Crippen molar-refractivity contribution < 1.29 is 4.79 Å². The minimum absolute atomic E-state index is 0.170. The van der Waals surface area contributed by atoms with Crippen LogP contribution in [-0.4, -0.2) is 53.5 Å². The zero-order valence-corrected chi connectivity index (χ0v) is 15.9. The van der Waals surface area contributed by atoms with Gasteiger partial charge in [-0.2, -0.15) is 0 Å². The number of piperidine rings is 2. The van der Waals surface area contributed by atoms with Crippen molar-refractivity contribution in [3.05, 3.63) is 35.4 Å². The lowest BCUT2D eigenvalue weighted by Gasteiger charge is -2.50. The van der Waals surface area contributed by atoms with Crippen LogP contribution in [0.15, 0.2) is 24.3 Å².